The quantitative estimate of drug-likeness (QED) is 0.632. The smallest absolute Gasteiger partial charge is 0.259 e. The van der Waals surface area contributed by atoms with Crippen molar-refractivity contribution in [1.29, 1.82) is 0 Å². The van der Waals surface area contributed by atoms with Gasteiger partial charge in [0.15, 0.2) is 0 Å². The number of carbonyl (C=O) groups is 3. The first kappa shape index (κ1) is 26.2. The van der Waals surface area contributed by atoms with Gasteiger partial charge in [0.1, 0.15) is 23.6 Å². The maximum Gasteiger partial charge on any atom is 0.259 e. The summed E-state index contributed by atoms with van der Waals surface area (Å²) in [5.74, 6) is -0.545. The predicted molar refractivity (Wildman–Crippen MR) is 134 cm³/mol. The normalized spacial score (nSPS) is 23.7. The highest BCUT2D eigenvalue weighted by Gasteiger charge is 2.43. The summed E-state index contributed by atoms with van der Waals surface area (Å²) in [6.45, 7) is 5.44. The average molecular weight is 517 g/mol. The monoisotopic (exact) mass is 516 g/mol. The Morgan fingerprint density at radius 1 is 1.08 bits per heavy atom. The fourth-order valence-corrected chi connectivity index (χ4v) is 4.98. The maximum atomic E-state index is 13.4. The summed E-state index contributed by atoms with van der Waals surface area (Å²) in [5.41, 5.74) is 0.942. The van der Waals surface area contributed by atoms with Gasteiger partial charge in [-0.3, -0.25) is 14.4 Å². The molecule has 1 spiro atoms. The second-order valence-corrected chi connectivity index (χ2v) is 10.2. The molecule has 1 aromatic carbocycles. The highest BCUT2D eigenvalue weighted by molar-refractivity contribution is 6.30. The van der Waals surface area contributed by atoms with E-state index in [1.165, 1.54) is 6.26 Å². The number of nitrogens with one attached hydrogen (secondary N) is 2. The molecule has 194 valence electrons. The van der Waals surface area contributed by atoms with Crippen molar-refractivity contribution in [2.24, 2.45) is 5.41 Å². The van der Waals surface area contributed by atoms with Gasteiger partial charge in [0.2, 0.25) is 11.8 Å². The van der Waals surface area contributed by atoms with E-state index in [4.69, 9.17) is 20.9 Å². The number of carbonyl (C=O) groups excluding carboxylic acids is 3. The van der Waals surface area contributed by atoms with Crippen LogP contribution in [0.2, 0.25) is 5.02 Å². The van der Waals surface area contributed by atoms with E-state index in [2.05, 4.69) is 15.8 Å². The van der Waals surface area contributed by atoms with E-state index in [0.29, 0.717) is 61.8 Å². The third-order valence-corrected chi connectivity index (χ3v) is 7.35. The number of likely N-dealkylation sites (tertiary alicyclic amines) is 1. The number of ether oxygens (including phenoxy) is 1. The van der Waals surface area contributed by atoms with E-state index in [1.807, 2.05) is 6.92 Å². The van der Waals surface area contributed by atoms with E-state index in [0.717, 1.165) is 18.4 Å². The number of amides is 3. The van der Waals surface area contributed by atoms with Crippen molar-refractivity contribution in [2.75, 3.05) is 26.3 Å². The van der Waals surface area contributed by atoms with Crippen molar-refractivity contribution in [2.45, 2.75) is 58.0 Å². The number of piperidine rings is 1. The van der Waals surface area contributed by atoms with Gasteiger partial charge in [-0.25, -0.2) is 0 Å². The van der Waals surface area contributed by atoms with E-state index >= 15 is 0 Å². The van der Waals surface area contributed by atoms with Gasteiger partial charge in [-0.1, -0.05) is 35.3 Å². The lowest BCUT2D eigenvalue weighted by Crippen LogP contribution is -2.55. The molecule has 2 aliphatic rings. The molecule has 2 fully saturated rings. The molecule has 2 saturated heterocycles. The molecule has 2 aromatic rings. The van der Waals surface area contributed by atoms with Crippen LogP contribution in [0, 0.1) is 5.41 Å². The first-order chi connectivity index (χ1) is 17.3. The van der Waals surface area contributed by atoms with Crippen LogP contribution < -0.4 is 10.6 Å². The van der Waals surface area contributed by atoms with Crippen LogP contribution in [0.15, 0.2) is 35.1 Å². The highest BCUT2D eigenvalue weighted by Crippen LogP contribution is 2.38. The molecule has 0 bridgehead atoms. The molecule has 10 heteroatoms. The highest BCUT2D eigenvalue weighted by atomic mass is 35.5. The average Bonchev–Trinajstić information content (AvgIpc) is 3.36. The molecule has 1 aromatic heterocycles. The number of hydrogen-bond donors (Lipinski definition) is 2. The standard InChI is InChI=1S/C26H33ClN4O5/c1-17-15-35-14-4-3-9-26(25(34)29-18(2)23(32)28-17)10-12-31(13-11-26)24(33)21-16-36-30-22(21)19-5-7-20(27)8-6-19/h5-8,16-18H,3-4,9-15H2,1-2H3,(H,28,32)(H,29,34)/t17-,18-/m0/s1. The molecule has 4 rings (SSSR count). The zero-order valence-corrected chi connectivity index (χ0v) is 21.5. The Morgan fingerprint density at radius 2 is 1.81 bits per heavy atom. The maximum absolute atomic E-state index is 13.4. The first-order valence-electron chi connectivity index (χ1n) is 12.5. The lowest BCUT2D eigenvalue weighted by Gasteiger charge is -2.41. The van der Waals surface area contributed by atoms with Crippen LogP contribution in [0.5, 0.6) is 0 Å². The summed E-state index contributed by atoms with van der Waals surface area (Å²) in [7, 11) is 0. The van der Waals surface area contributed by atoms with Gasteiger partial charge in [0, 0.05) is 36.3 Å². The number of nitrogens with zero attached hydrogens (tertiary/aromatic N) is 2. The molecule has 0 radical (unpaired) electrons. The first-order valence-corrected chi connectivity index (χ1v) is 12.9. The van der Waals surface area contributed by atoms with Gasteiger partial charge in [-0.05, 0) is 51.7 Å². The van der Waals surface area contributed by atoms with Crippen LogP contribution in [0.1, 0.15) is 56.3 Å². The van der Waals surface area contributed by atoms with Crippen LogP contribution in [0.4, 0.5) is 0 Å². The number of halogens is 1. The molecule has 2 atom stereocenters. The molecule has 2 N–H and O–H groups in total. The second-order valence-electron chi connectivity index (χ2n) is 9.79. The van der Waals surface area contributed by atoms with Crippen molar-refractivity contribution in [3.63, 3.8) is 0 Å². The molecule has 3 amide bonds. The molecule has 0 unspecified atom stereocenters. The van der Waals surface area contributed by atoms with Crippen molar-refractivity contribution in [1.82, 2.24) is 20.7 Å². The van der Waals surface area contributed by atoms with Gasteiger partial charge in [-0.2, -0.15) is 0 Å². The molecule has 3 heterocycles. The summed E-state index contributed by atoms with van der Waals surface area (Å²) < 4.78 is 10.8. The molecule has 0 saturated carbocycles. The van der Waals surface area contributed by atoms with Crippen LogP contribution in [-0.2, 0) is 14.3 Å². The fraction of sp³-hybridized carbons (Fsp3) is 0.538. The largest absolute Gasteiger partial charge is 0.379 e. The number of aromatic nitrogens is 1. The van der Waals surface area contributed by atoms with Crippen molar-refractivity contribution in [3.05, 3.63) is 41.1 Å². The predicted octanol–water partition coefficient (Wildman–Crippen LogP) is 3.43. The lowest BCUT2D eigenvalue weighted by molar-refractivity contribution is -0.137. The summed E-state index contributed by atoms with van der Waals surface area (Å²) in [5, 5.41) is 10.4. The van der Waals surface area contributed by atoms with Crippen LogP contribution in [0.3, 0.4) is 0 Å². The zero-order valence-electron chi connectivity index (χ0n) is 20.7. The van der Waals surface area contributed by atoms with Crippen LogP contribution >= 0.6 is 11.6 Å². The molecule has 2 aliphatic heterocycles. The Hall–Kier alpha value is -2.91. The third-order valence-electron chi connectivity index (χ3n) is 7.10. The Labute approximate surface area is 215 Å². The van der Waals surface area contributed by atoms with Gasteiger partial charge >= 0.3 is 0 Å². The zero-order chi connectivity index (χ0) is 25.7. The van der Waals surface area contributed by atoms with Crippen LogP contribution in [-0.4, -0.2) is 66.2 Å². The number of benzene rings is 1. The molecule has 9 nitrogen and oxygen atoms in total. The Morgan fingerprint density at radius 3 is 2.53 bits per heavy atom. The summed E-state index contributed by atoms with van der Waals surface area (Å²) >= 11 is 5.99. The van der Waals surface area contributed by atoms with Crippen molar-refractivity contribution < 1.29 is 23.6 Å². The van der Waals surface area contributed by atoms with Gasteiger partial charge in [0.25, 0.3) is 5.91 Å². The third kappa shape index (κ3) is 5.90. The SMILES string of the molecule is C[C@@H]1NC(=O)C2(CCCCOC[C@H](C)NC1=O)CCN(C(=O)c1conc1-c1ccc(Cl)cc1)CC2. The van der Waals surface area contributed by atoms with E-state index in [-0.39, 0.29) is 23.8 Å². The number of hydrogen-bond acceptors (Lipinski definition) is 6. The molecule has 0 aliphatic carbocycles. The summed E-state index contributed by atoms with van der Waals surface area (Å²) in [4.78, 5) is 41.1. The summed E-state index contributed by atoms with van der Waals surface area (Å²) in [6.07, 6.45) is 4.73. The van der Waals surface area contributed by atoms with E-state index in [1.54, 1.807) is 36.1 Å². The Bertz CT molecular complexity index is 1080. The molecular weight excluding hydrogens is 484 g/mol. The minimum atomic E-state index is -0.656. The fourth-order valence-electron chi connectivity index (χ4n) is 4.86. The Kier molecular flexibility index (Phi) is 8.31. The Balaban J connectivity index is 1.46. The second kappa shape index (κ2) is 11.4. The minimum Gasteiger partial charge on any atom is -0.379 e. The van der Waals surface area contributed by atoms with Gasteiger partial charge in [0.05, 0.1) is 12.0 Å². The molecular formula is C26H33ClN4O5. The summed E-state index contributed by atoms with van der Waals surface area (Å²) in [6, 6.07) is 6.28. The van der Waals surface area contributed by atoms with Crippen LogP contribution in [0.25, 0.3) is 11.3 Å². The topological polar surface area (TPSA) is 114 Å². The van der Waals surface area contributed by atoms with Gasteiger partial charge in [-0.15, -0.1) is 0 Å². The lowest BCUT2D eigenvalue weighted by atomic mass is 9.73. The van der Waals surface area contributed by atoms with E-state index < -0.39 is 11.5 Å². The van der Waals surface area contributed by atoms with E-state index in [9.17, 15) is 14.4 Å². The minimum absolute atomic E-state index is 0.128. The van der Waals surface area contributed by atoms with Crippen molar-refractivity contribution >= 4 is 29.3 Å². The molecule has 36 heavy (non-hydrogen) atoms. The number of rotatable bonds is 2. The van der Waals surface area contributed by atoms with Crippen molar-refractivity contribution in [3.8, 4) is 11.3 Å². The van der Waals surface area contributed by atoms with Gasteiger partial charge < -0.3 is 24.8 Å².